The van der Waals surface area contributed by atoms with Crippen LogP contribution in [0, 0.1) is 5.92 Å². The first-order valence-electron chi connectivity index (χ1n) is 5.62. The number of hydrogen-bond donors (Lipinski definition) is 0. The molecule has 0 amide bonds. The monoisotopic (exact) mass is 272 g/mol. The molecule has 18 heavy (non-hydrogen) atoms. The van der Waals surface area contributed by atoms with Gasteiger partial charge in [0.2, 0.25) is 0 Å². The van der Waals surface area contributed by atoms with Crippen molar-refractivity contribution >= 4 is 17.6 Å². The van der Waals surface area contributed by atoms with Crippen LogP contribution in [0.3, 0.4) is 0 Å². The van der Waals surface area contributed by atoms with Gasteiger partial charge in [0.05, 0.1) is 13.0 Å². The topological polar surface area (TPSA) is 44.8 Å². The van der Waals surface area contributed by atoms with Gasteiger partial charge in [-0.05, 0) is 30.7 Å². The zero-order chi connectivity index (χ0) is 13.4. The summed E-state index contributed by atoms with van der Waals surface area (Å²) in [6.07, 6.45) is 0.566. The fourth-order valence-electron chi connectivity index (χ4n) is 1.42. The van der Waals surface area contributed by atoms with E-state index in [1.165, 1.54) is 7.11 Å². The number of benzene rings is 1. The third-order valence-corrected chi connectivity index (χ3v) is 2.72. The number of hydrogen-bond acceptors (Lipinski definition) is 4. The molecule has 0 spiro atoms. The van der Waals surface area contributed by atoms with Crippen molar-refractivity contribution in [3.63, 3.8) is 0 Å². The molecule has 0 fully saturated rings. The van der Waals surface area contributed by atoms with Gasteiger partial charge in [0.15, 0.2) is 0 Å². The van der Waals surface area contributed by atoms with E-state index in [-0.39, 0.29) is 18.5 Å². The SMILES string of the molecule is COCCC(COc1ccc(Cl)cc1)C(=O)OC. The van der Waals surface area contributed by atoms with Gasteiger partial charge in [0.1, 0.15) is 12.4 Å². The summed E-state index contributed by atoms with van der Waals surface area (Å²) in [5.74, 6) is 0.0531. The minimum atomic E-state index is -0.328. The number of esters is 1. The van der Waals surface area contributed by atoms with Gasteiger partial charge in [0.25, 0.3) is 0 Å². The summed E-state index contributed by atoms with van der Waals surface area (Å²) in [6, 6.07) is 6.98. The second-order valence-corrected chi connectivity index (χ2v) is 4.20. The second-order valence-electron chi connectivity index (χ2n) is 3.77. The molecule has 0 radical (unpaired) electrons. The summed E-state index contributed by atoms with van der Waals surface area (Å²) in [6.45, 7) is 0.751. The van der Waals surface area contributed by atoms with Crippen molar-refractivity contribution in [3.05, 3.63) is 29.3 Å². The molecule has 0 aromatic heterocycles. The van der Waals surface area contributed by atoms with Crippen molar-refractivity contribution < 1.29 is 19.0 Å². The fraction of sp³-hybridized carbons (Fsp3) is 0.462. The van der Waals surface area contributed by atoms with Gasteiger partial charge in [-0.1, -0.05) is 11.6 Å². The van der Waals surface area contributed by atoms with E-state index in [1.54, 1.807) is 31.4 Å². The second kappa shape index (κ2) is 7.95. The molecule has 1 aromatic rings. The molecule has 0 saturated heterocycles. The van der Waals surface area contributed by atoms with Gasteiger partial charge >= 0.3 is 5.97 Å². The summed E-state index contributed by atoms with van der Waals surface area (Å²) in [7, 11) is 2.96. The number of carbonyl (C=O) groups excluding carboxylic acids is 1. The summed E-state index contributed by atoms with van der Waals surface area (Å²) >= 11 is 5.77. The lowest BCUT2D eigenvalue weighted by Crippen LogP contribution is -2.24. The van der Waals surface area contributed by atoms with Crippen LogP contribution in [0.5, 0.6) is 5.75 Å². The molecule has 4 nitrogen and oxygen atoms in total. The minimum Gasteiger partial charge on any atom is -0.493 e. The molecule has 0 heterocycles. The number of methoxy groups -OCH3 is 2. The Hall–Kier alpha value is -1.26. The highest BCUT2D eigenvalue weighted by Gasteiger charge is 2.19. The predicted octanol–water partition coefficient (Wildman–Crippen LogP) is 2.54. The Balaban J connectivity index is 2.50. The largest absolute Gasteiger partial charge is 0.493 e. The molecular weight excluding hydrogens is 256 g/mol. The normalized spacial score (nSPS) is 11.9. The molecule has 1 unspecified atom stereocenters. The number of ether oxygens (including phenoxy) is 3. The van der Waals surface area contributed by atoms with E-state index in [9.17, 15) is 4.79 Å². The maximum atomic E-state index is 11.5. The maximum Gasteiger partial charge on any atom is 0.312 e. The van der Waals surface area contributed by atoms with Crippen LogP contribution >= 0.6 is 11.6 Å². The van der Waals surface area contributed by atoms with Crippen LogP contribution in [0.2, 0.25) is 5.02 Å². The molecule has 5 heteroatoms. The van der Waals surface area contributed by atoms with E-state index in [0.717, 1.165) is 0 Å². The average molecular weight is 273 g/mol. The summed E-state index contributed by atoms with van der Waals surface area (Å²) in [4.78, 5) is 11.5. The summed E-state index contributed by atoms with van der Waals surface area (Å²) < 4.78 is 15.2. The molecular formula is C13H17ClO4. The molecule has 1 aromatic carbocycles. The number of carbonyl (C=O) groups is 1. The standard InChI is InChI=1S/C13H17ClO4/c1-16-8-7-10(13(15)17-2)9-18-12-5-3-11(14)4-6-12/h3-6,10H,7-9H2,1-2H3. The van der Waals surface area contributed by atoms with Gasteiger partial charge in [-0.3, -0.25) is 4.79 Å². The average Bonchev–Trinajstić information content (AvgIpc) is 2.40. The molecule has 0 saturated carbocycles. The fourth-order valence-corrected chi connectivity index (χ4v) is 1.55. The van der Waals surface area contributed by atoms with Crippen molar-refractivity contribution in [2.75, 3.05) is 27.4 Å². The Kier molecular flexibility index (Phi) is 6.54. The van der Waals surface area contributed by atoms with Crippen LogP contribution in [0.25, 0.3) is 0 Å². The van der Waals surface area contributed by atoms with Gasteiger partial charge in [-0.15, -0.1) is 0 Å². The van der Waals surface area contributed by atoms with E-state index in [0.29, 0.717) is 23.8 Å². The highest BCUT2D eigenvalue weighted by Crippen LogP contribution is 2.17. The van der Waals surface area contributed by atoms with Crippen molar-refractivity contribution in [1.29, 1.82) is 0 Å². The van der Waals surface area contributed by atoms with Crippen LogP contribution in [0.15, 0.2) is 24.3 Å². The van der Waals surface area contributed by atoms with Gasteiger partial charge < -0.3 is 14.2 Å². The maximum absolute atomic E-state index is 11.5. The van der Waals surface area contributed by atoms with Gasteiger partial charge in [-0.2, -0.15) is 0 Å². The molecule has 100 valence electrons. The Morgan fingerprint density at radius 1 is 1.28 bits per heavy atom. The summed E-state index contributed by atoms with van der Waals surface area (Å²) in [5, 5.41) is 0.645. The van der Waals surface area contributed by atoms with Crippen LogP contribution in [-0.4, -0.2) is 33.4 Å². The Labute approximate surface area is 112 Å². The third-order valence-electron chi connectivity index (χ3n) is 2.47. The third kappa shape index (κ3) is 4.94. The van der Waals surface area contributed by atoms with Gasteiger partial charge in [-0.25, -0.2) is 0 Å². The first-order valence-corrected chi connectivity index (χ1v) is 6.00. The smallest absolute Gasteiger partial charge is 0.312 e. The van der Waals surface area contributed by atoms with Crippen LogP contribution in [0.1, 0.15) is 6.42 Å². The number of halogens is 1. The molecule has 0 aliphatic carbocycles. The lowest BCUT2D eigenvalue weighted by molar-refractivity contribution is -0.147. The zero-order valence-electron chi connectivity index (χ0n) is 10.5. The van der Waals surface area contributed by atoms with Crippen molar-refractivity contribution in [1.82, 2.24) is 0 Å². The first kappa shape index (κ1) is 14.8. The minimum absolute atomic E-state index is 0.262. The lowest BCUT2D eigenvalue weighted by Gasteiger charge is -2.15. The summed E-state index contributed by atoms with van der Waals surface area (Å²) in [5.41, 5.74) is 0. The molecule has 0 N–H and O–H groups in total. The highest BCUT2D eigenvalue weighted by atomic mass is 35.5. The molecule has 1 atom stereocenters. The van der Waals surface area contributed by atoms with Gasteiger partial charge in [0, 0.05) is 18.7 Å². The van der Waals surface area contributed by atoms with E-state index in [1.807, 2.05) is 0 Å². The van der Waals surface area contributed by atoms with Crippen LogP contribution in [0.4, 0.5) is 0 Å². The van der Waals surface area contributed by atoms with Crippen molar-refractivity contribution in [3.8, 4) is 5.75 Å². The van der Waals surface area contributed by atoms with E-state index < -0.39 is 0 Å². The van der Waals surface area contributed by atoms with Crippen molar-refractivity contribution in [2.45, 2.75) is 6.42 Å². The lowest BCUT2D eigenvalue weighted by atomic mass is 10.1. The predicted molar refractivity (Wildman–Crippen MR) is 68.9 cm³/mol. The Morgan fingerprint density at radius 3 is 2.50 bits per heavy atom. The Bertz CT molecular complexity index is 364. The molecule has 0 aliphatic heterocycles. The van der Waals surface area contributed by atoms with Crippen LogP contribution in [-0.2, 0) is 14.3 Å². The van der Waals surface area contributed by atoms with E-state index in [2.05, 4.69) is 0 Å². The van der Waals surface area contributed by atoms with E-state index >= 15 is 0 Å². The molecule has 0 aliphatic rings. The Morgan fingerprint density at radius 2 is 1.94 bits per heavy atom. The molecule has 0 bridgehead atoms. The first-order chi connectivity index (χ1) is 8.67. The zero-order valence-corrected chi connectivity index (χ0v) is 11.3. The highest BCUT2D eigenvalue weighted by molar-refractivity contribution is 6.30. The van der Waals surface area contributed by atoms with E-state index in [4.69, 9.17) is 25.8 Å². The van der Waals surface area contributed by atoms with Crippen LogP contribution < -0.4 is 4.74 Å². The van der Waals surface area contributed by atoms with Crippen molar-refractivity contribution in [2.24, 2.45) is 5.92 Å². The quantitative estimate of drug-likeness (QED) is 0.716. The number of rotatable bonds is 7. The molecule has 1 rings (SSSR count).